The van der Waals surface area contributed by atoms with Gasteiger partial charge in [-0.2, -0.15) is 0 Å². The van der Waals surface area contributed by atoms with E-state index in [0.29, 0.717) is 58.9 Å². The fraction of sp³-hybridized carbons (Fsp3) is 0.219. The molecule has 12 heteroatoms. The topological polar surface area (TPSA) is 140 Å². The lowest BCUT2D eigenvalue weighted by Crippen LogP contribution is -2.47. The molecule has 0 saturated heterocycles. The molecule has 0 aromatic heterocycles. The fourth-order valence-corrected chi connectivity index (χ4v) is 6.41. The summed E-state index contributed by atoms with van der Waals surface area (Å²) in [4.78, 5) is 80.3. The zero-order valence-electron chi connectivity index (χ0n) is 23.4. The molecule has 3 heterocycles. The molecule has 218 valence electrons. The third-order valence-corrected chi connectivity index (χ3v) is 8.48. The molecule has 0 unspecified atom stereocenters. The first-order valence-corrected chi connectivity index (χ1v) is 14.2. The van der Waals surface area contributed by atoms with Gasteiger partial charge < -0.3 is 0 Å². The predicted octanol–water partition coefficient (Wildman–Crippen LogP) is 4.43. The molecular weight excluding hydrogens is 564 g/mol. The van der Waals surface area contributed by atoms with Crippen LogP contribution in [0.3, 0.4) is 0 Å². The van der Waals surface area contributed by atoms with Gasteiger partial charge in [0.25, 0.3) is 23.6 Å². The van der Waals surface area contributed by atoms with Gasteiger partial charge in [-0.3, -0.25) is 38.5 Å². The molecule has 0 aliphatic carbocycles. The highest BCUT2D eigenvalue weighted by atomic mass is 16.3. The van der Waals surface area contributed by atoms with Crippen molar-refractivity contribution in [1.29, 1.82) is 0 Å². The van der Waals surface area contributed by atoms with E-state index in [0.717, 1.165) is 6.42 Å². The Morgan fingerprint density at radius 1 is 0.636 bits per heavy atom. The average molecular weight is 590 g/mol. The number of carbonyl (C=O) groups excluding carboxylic acids is 4. The van der Waals surface area contributed by atoms with Crippen molar-refractivity contribution in [2.45, 2.75) is 6.42 Å². The van der Waals surface area contributed by atoms with Gasteiger partial charge in [0.05, 0.1) is 37.3 Å². The Morgan fingerprint density at radius 2 is 1.16 bits per heavy atom. The zero-order chi connectivity index (χ0) is 30.5. The van der Waals surface area contributed by atoms with E-state index in [9.17, 15) is 29.0 Å². The number of imide groups is 2. The lowest BCUT2D eigenvalue weighted by atomic mass is 9.93. The monoisotopic (exact) mass is 589 g/mol. The average Bonchev–Trinajstić information content (AvgIpc) is 3.05. The highest BCUT2D eigenvalue weighted by molar-refractivity contribution is 6.27. The number of benzene rings is 4. The third kappa shape index (κ3) is 4.34. The van der Waals surface area contributed by atoms with Crippen LogP contribution in [-0.2, 0) is 0 Å². The van der Waals surface area contributed by atoms with E-state index in [1.165, 1.54) is 21.9 Å². The van der Waals surface area contributed by atoms with Gasteiger partial charge in [-0.15, -0.1) is 9.81 Å². The molecule has 4 aromatic carbocycles. The summed E-state index contributed by atoms with van der Waals surface area (Å²) in [5.41, 5.74) is 1.62. The highest BCUT2D eigenvalue weighted by Gasteiger charge is 2.35. The quantitative estimate of drug-likeness (QED) is 0.168. The standard InChI is InChI=1S/C32H25N6O6/c39-29-23-6-1-4-19-14-21(33-43)16-25(27(19)23)31(41)37(29)12-10-35-8-3-9-36(18-35)11-13-38-30(40)24-7-2-5-20-15-22(34-44)17-26(28(20)24)32(38)42/h1-2,4-7,14-18H,3,8-13H2/q+1. The number of carbonyl (C=O) groups is 4. The van der Waals surface area contributed by atoms with E-state index in [2.05, 4.69) is 10.4 Å². The number of rotatable bonds is 8. The van der Waals surface area contributed by atoms with Crippen LogP contribution in [0.25, 0.3) is 21.5 Å². The van der Waals surface area contributed by atoms with Crippen molar-refractivity contribution in [2.75, 3.05) is 39.3 Å². The van der Waals surface area contributed by atoms with Gasteiger partial charge in [-0.1, -0.05) is 24.3 Å². The van der Waals surface area contributed by atoms with Crippen molar-refractivity contribution in [3.8, 4) is 0 Å². The smallest absolute Gasteiger partial charge is 0.261 e. The highest BCUT2D eigenvalue weighted by Crippen LogP contribution is 2.35. The van der Waals surface area contributed by atoms with Crippen molar-refractivity contribution in [2.24, 2.45) is 10.4 Å². The molecule has 0 radical (unpaired) electrons. The van der Waals surface area contributed by atoms with Gasteiger partial charge >= 0.3 is 0 Å². The lowest BCUT2D eigenvalue weighted by molar-refractivity contribution is -0.532. The maximum Gasteiger partial charge on any atom is 0.261 e. The first-order valence-electron chi connectivity index (χ1n) is 14.2. The number of nitroso groups, excluding NO2 is 2. The Bertz CT molecular complexity index is 2000. The Kier molecular flexibility index (Phi) is 6.53. The Morgan fingerprint density at radius 3 is 1.70 bits per heavy atom. The molecule has 0 spiro atoms. The van der Waals surface area contributed by atoms with Crippen molar-refractivity contribution < 1.29 is 23.8 Å². The predicted molar refractivity (Wildman–Crippen MR) is 162 cm³/mol. The zero-order valence-corrected chi connectivity index (χ0v) is 23.4. The van der Waals surface area contributed by atoms with E-state index >= 15 is 0 Å². The number of amides is 4. The minimum Gasteiger partial charge on any atom is -0.270 e. The summed E-state index contributed by atoms with van der Waals surface area (Å²) >= 11 is 0. The maximum absolute atomic E-state index is 13.4. The molecule has 3 aliphatic rings. The van der Waals surface area contributed by atoms with Crippen molar-refractivity contribution in [1.82, 2.24) is 14.7 Å². The second kappa shape index (κ2) is 10.6. The van der Waals surface area contributed by atoms with Gasteiger partial charge in [0.2, 0.25) is 6.34 Å². The Labute approximate surface area is 250 Å². The van der Waals surface area contributed by atoms with Crippen LogP contribution in [0.5, 0.6) is 0 Å². The van der Waals surface area contributed by atoms with Crippen molar-refractivity contribution in [3.63, 3.8) is 0 Å². The first kappa shape index (κ1) is 27.2. The largest absolute Gasteiger partial charge is 0.270 e. The summed E-state index contributed by atoms with van der Waals surface area (Å²) in [6.45, 7) is 2.43. The minimum absolute atomic E-state index is 0.124. The van der Waals surface area contributed by atoms with Crippen molar-refractivity contribution >= 4 is 62.9 Å². The normalized spacial score (nSPS) is 16.2. The fourth-order valence-electron chi connectivity index (χ4n) is 6.41. The summed E-state index contributed by atoms with van der Waals surface area (Å²) < 4.78 is 2.00. The Hall–Kier alpha value is -5.65. The van der Waals surface area contributed by atoms with E-state index in [1.54, 1.807) is 48.5 Å². The summed E-state index contributed by atoms with van der Waals surface area (Å²) in [5, 5.41) is 8.27. The molecule has 3 aliphatic heterocycles. The van der Waals surface area contributed by atoms with Crippen LogP contribution in [0.1, 0.15) is 47.9 Å². The minimum atomic E-state index is -0.469. The van der Waals surface area contributed by atoms with Crippen LogP contribution in [0.4, 0.5) is 11.4 Å². The second-order valence-corrected chi connectivity index (χ2v) is 11.0. The van der Waals surface area contributed by atoms with Gasteiger partial charge in [0.1, 0.15) is 24.5 Å². The number of hydrogen-bond donors (Lipinski definition) is 0. The molecule has 0 bridgehead atoms. The first-order chi connectivity index (χ1) is 21.4. The number of hydrogen-bond acceptors (Lipinski definition) is 9. The van der Waals surface area contributed by atoms with Crippen LogP contribution in [0.15, 0.2) is 71.0 Å². The molecule has 44 heavy (non-hydrogen) atoms. The molecule has 0 saturated carbocycles. The molecular formula is C32H25N6O6+. The number of nitrogens with zero attached hydrogens (tertiary/aromatic N) is 6. The van der Waals surface area contributed by atoms with Crippen LogP contribution in [0.2, 0.25) is 0 Å². The molecule has 0 atom stereocenters. The van der Waals surface area contributed by atoms with Gasteiger partial charge in [0, 0.05) is 28.3 Å². The Balaban J connectivity index is 1.06. The summed E-state index contributed by atoms with van der Waals surface area (Å²) in [7, 11) is 0. The second-order valence-electron chi connectivity index (χ2n) is 11.0. The van der Waals surface area contributed by atoms with Gasteiger partial charge in [0.15, 0.2) is 0 Å². The summed E-state index contributed by atoms with van der Waals surface area (Å²) in [6.07, 6.45) is 2.70. The van der Waals surface area contributed by atoms with E-state index in [1.807, 2.05) is 15.8 Å². The van der Waals surface area contributed by atoms with Crippen LogP contribution >= 0.6 is 0 Å². The van der Waals surface area contributed by atoms with Crippen LogP contribution in [0, 0.1) is 9.81 Å². The summed E-state index contributed by atoms with van der Waals surface area (Å²) in [6, 6.07) is 16.2. The van der Waals surface area contributed by atoms with Gasteiger partial charge in [-0.25, -0.2) is 0 Å². The SMILES string of the molecule is O=Nc1cc2c3c(cccc3c1)C(=O)N(CCN1C=[N+](CCN3C(=O)c4cccc5cc(N=O)cc(c45)C3=O)CCC1)C2=O. The van der Waals surface area contributed by atoms with E-state index in [4.69, 9.17) is 0 Å². The molecule has 7 rings (SSSR count). The van der Waals surface area contributed by atoms with Crippen LogP contribution < -0.4 is 0 Å². The lowest BCUT2D eigenvalue weighted by Gasteiger charge is -2.29. The molecule has 4 aromatic rings. The molecule has 12 nitrogen and oxygen atoms in total. The molecule has 4 amide bonds. The summed E-state index contributed by atoms with van der Waals surface area (Å²) in [5.74, 6) is -1.72. The van der Waals surface area contributed by atoms with Crippen molar-refractivity contribution in [3.05, 3.63) is 92.7 Å². The van der Waals surface area contributed by atoms with Gasteiger partial charge in [-0.05, 0) is 57.5 Å². The molecule has 0 N–H and O–H groups in total. The third-order valence-electron chi connectivity index (χ3n) is 8.48. The maximum atomic E-state index is 13.4. The van der Waals surface area contributed by atoms with Crippen LogP contribution in [-0.4, -0.2) is 88.5 Å². The van der Waals surface area contributed by atoms with E-state index in [-0.39, 0.29) is 47.4 Å². The molecule has 0 fully saturated rings. The van der Waals surface area contributed by atoms with E-state index < -0.39 is 11.8 Å².